The standard InChI is InChI=1S/C10H6FNO3/c11-8-3-6(1-2-9(8)14)10-7(4-13)5-15-12-10/h1-5,14H. The van der Waals surface area contributed by atoms with Gasteiger partial charge in [0, 0.05) is 5.56 Å². The highest BCUT2D eigenvalue weighted by Gasteiger charge is 2.11. The number of phenolic OH excluding ortho intramolecular Hbond substituents is 1. The number of nitrogens with zero attached hydrogens (tertiary/aromatic N) is 1. The highest BCUT2D eigenvalue weighted by molar-refractivity contribution is 5.84. The Balaban J connectivity index is 2.54. The zero-order chi connectivity index (χ0) is 10.8. The van der Waals surface area contributed by atoms with Crippen LogP contribution >= 0.6 is 0 Å². The molecule has 0 amide bonds. The Kier molecular flexibility index (Phi) is 2.21. The van der Waals surface area contributed by atoms with Gasteiger partial charge in [-0.1, -0.05) is 5.16 Å². The predicted octanol–water partition coefficient (Wildman–Crippen LogP) is 2.00. The molecule has 0 atom stereocenters. The Hall–Kier alpha value is -2.17. The van der Waals surface area contributed by atoms with Crippen molar-refractivity contribution in [3.8, 4) is 17.0 Å². The van der Waals surface area contributed by atoms with Crippen LogP contribution in [0.5, 0.6) is 5.75 Å². The van der Waals surface area contributed by atoms with Crippen molar-refractivity contribution < 1.29 is 18.8 Å². The van der Waals surface area contributed by atoms with Crippen molar-refractivity contribution in [3.63, 3.8) is 0 Å². The van der Waals surface area contributed by atoms with Gasteiger partial charge in [-0.25, -0.2) is 4.39 Å². The lowest BCUT2D eigenvalue weighted by Crippen LogP contribution is -1.85. The summed E-state index contributed by atoms with van der Waals surface area (Å²) in [6.07, 6.45) is 1.74. The van der Waals surface area contributed by atoms with Crippen LogP contribution in [0.3, 0.4) is 0 Å². The lowest BCUT2D eigenvalue weighted by atomic mass is 10.1. The first-order valence-corrected chi connectivity index (χ1v) is 4.11. The van der Waals surface area contributed by atoms with Crippen LogP contribution in [0, 0.1) is 5.82 Å². The predicted molar refractivity (Wildman–Crippen MR) is 48.9 cm³/mol. The average Bonchev–Trinajstić information content (AvgIpc) is 2.70. The summed E-state index contributed by atoms with van der Waals surface area (Å²) >= 11 is 0. The Morgan fingerprint density at radius 3 is 2.93 bits per heavy atom. The summed E-state index contributed by atoms with van der Waals surface area (Å²) < 4.78 is 17.6. The van der Waals surface area contributed by atoms with E-state index in [-0.39, 0.29) is 11.3 Å². The number of aromatic nitrogens is 1. The normalized spacial score (nSPS) is 10.2. The zero-order valence-corrected chi connectivity index (χ0v) is 7.48. The van der Waals surface area contributed by atoms with Gasteiger partial charge in [-0.3, -0.25) is 4.79 Å². The van der Waals surface area contributed by atoms with Crippen molar-refractivity contribution in [1.82, 2.24) is 5.16 Å². The van der Waals surface area contributed by atoms with E-state index in [0.717, 1.165) is 6.07 Å². The second kappa shape index (κ2) is 3.53. The quantitative estimate of drug-likeness (QED) is 0.765. The van der Waals surface area contributed by atoms with E-state index in [9.17, 15) is 9.18 Å². The van der Waals surface area contributed by atoms with Crippen molar-refractivity contribution in [2.24, 2.45) is 0 Å². The van der Waals surface area contributed by atoms with Crippen LogP contribution in [0.15, 0.2) is 29.0 Å². The van der Waals surface area contributed by atoms with E-state index in [1.165, 1.54) is 18.4 Å². The maximum Gasteiger partial charge on any atom is 0.165 e. The first-order valence-electron chi connectivity index (χ1n) is 4.11. The zero-order valence-electron chi connectivity index (χ0n) is 7.48. The molecule has 2 rings (SSSR count). The van der Waals surface area contributed by atoms with Crippen molar-refractivity contribution in [2.75, 3.05) is 0 Å². The van der Waals surface area contributed by atoms with Crippen molar-refractivity contribution in [2.45, 2.75) is 0 Å². The number of hydrogen-bond acceptors (Lipinski definition) is 4. The molecule has 76 valence electrons. The third-order valence-electron chi connectivity index (χ3n) is 1.95. The summed E-state index contributed by atoms with van der Waals surface area (Å²) in [4.78, 5) is 10.6. The number of carbonyl (C=O) groups is 1. The number of benzene rings is 1. The van der Waals surface area contributed by atoms with Gasteiger partial charge in [0.15, 0.2) is 17.9 Å². The first kappa shape index (κ1) is 9.39. The molecule has 0 bridgehead atoms. The topological polar surface area (TPSA) is 63.3 Å². The molecule has 15 heavy (non-hydrogen) atoms. The monoisotopic (exact) mass is 207 g/mol. The lowest BCUT2D eigenvalue weighted by molar-refractivity contribution is 0.112. The van der Waals surface area contributed by atoms with Gasteiger partial charge in [0.2, 0.25) is 0 Å². The molecule has 0 aliphatic carbocycles. The highest BCUT2D eigenvalue weighted by atomic mass is 19.1. The van der Waals surface area contributed by atoms with E-state index in [1.54, 1.807) is 0 Å². The van der Waals surface area contributed by atoms with Gasteiger partial charge in [0.25, 0.3) is 0 Å². The number of aromatic hydroxyl groups is 1. The molecule has 1 N–H and O–H groups in total. The molecule has 2 aromatic rings. The molecule has 0 aliphatic heterocycles. The van der Waals surface area contributed by atoms with E-state index in [1.807, 2.05) is 0 Å². The fourth-order valence-electron chi connectivity index (χ4n) is 1.20. The summed E-state index contributed by atoms with van der Waals surface area (Å²) in [6, 6.07) is 3.72. The summed E-state index contributed by atoms with van der Waals surface area (Å²) in [6.45, 7) is 0. The van der Waals surface area contributed by atoms with Crippen LogP contribution < -0.4 is 0 Å². The fraction of sp³-hybridized carbons (Fsp3) is 0. The van der Waals surface area contributed by atoms with Crippen LogP contribution in [-0.4, -0.2) is 16.5 Å². The molecule has 4 nitrogen and oxygen atoms in total. The van der Waals surface area contributed by atoms with E-state index < -0.39 is 11.6 Å². The third-order valence-corrected chi connectivity index (χ3v) is 1.95. The van der Waals surface area contributed by atoms with Gasteiger partial charge < -0.3 is 9.63 Å². The van der Waals surface area contributed by atoms with Crippen molar-refractivity contribution in [3.05, 3.63) is 35.8 Å². The largest absolute Gasteiger partial charge is 0.505 e. The lowest BCUT2D eigenvalue weighted by Gasteiger charge is -1.98. The number of phenols is 1. The molecule has 5 heteroatoms. The van der Waals surface area contributed by atoms with Crippen LogP contribution in [0.1, 0.15) is 10.4 Å². The van der Waals surface area contributed by atoms with Crippen LogP contribution in [-0.2, 0) is 0 Å². The number of aldehydes is 1. The molecule has 0 aliphatic rings. The van der Waals surface area contributed by atoms with Gasteiger partial charge >= 0.3 is 0 Å². The smallest absolute Gasteiger partial charge is 0.165 e. The molecule has 0 unspecified atom stereocenters. The minimum absolute atomic E-state index is 0.236. The van der Waals surface area contributed by atoms with Crippen LogP contribution in [0.25, 0.3) is 11.3 Å². The van der Waals surface area contributed by atoms with E-state index in [2.05, 4.69) is 9.68 Å². The second-order valence-corrected chi connectivity index (χ2v) is 2.90. The number of rotatable bonds is 2. The molecule has 1 aromatic carbocycles. The molecule has 0 saturated carbocycles. The highest BCUT2D eigenvalue weighted by Crippen LogP contribution is 2.25. The minimum atomic E-state index is -0.771. The molecule has 0 radical (unpaired) electrons. The van der Waals surface area contributed by atoms with E-state index >= 15 is 0 Å². The number of carbonyl (C=O) groups excluding carboxylic acids is 1. The molecular formula is C10H6FNO3. The molecule has 0 saturated heterocycles. The Morgan fingerprint density at radius 1 is 1.47 bits per heavy atom. The number of hydrogen-bond donors (Lipinski definition) is 1. The summed E-state index contributed by atoms with van der Waals surface area (Å²) in [7, 11) is 0. The maximum atomic E-state index is 13.0. The molecular weight excluding hydrogens is 201 g/mol. The molecule has 1 heterocycles. The summed E-state index contributed by atoms with van der Waals surface area (Å²) in [5.41, 5.74) is 0.866. The first-order chi connectivity index (χ1) is 7.22. The maximum absolute atomic E-state index is 13.0. The Bertz CT molecular complexity index is 507. The fourth-order valence-corrected chi connectivity index (χ4v) is 1.20. The van der Waals surface area contributed by atoms with E-state index in [0.29, 0.717) is 11.8 Å². The van der Waals surface area contributed by atoms with Gasteiger partial charge in [0.1, 0.15) is 12.0 Å². The minimum Gasteiger partial charge on any atom is -0.505 e. The van der Waals surface area contributed by atoms with Crippen molar-refractivity contribution in [1.29, 1.82) is 0 Å². The second-order valence-electron chi connectivity index (χ2n) is 2.90. The average molecular weight is 207 g/mol. The number of halogens is 1. The summed E-state index contributed by atoms with van der Waals surface area (Å²) in [5.74, 6) is -1.22. The Labute approximate surface area is 83.9 Å². The molecule has 0 fully saturated rings. The SMILES string of the molecule is O=Cc1conc1-c1ccc(O)c(F)c1. The van der Waals surface area contributed by atoms with Gasteiger partial charge in [-0.15, -0.1) is 0 Å². The van der Waals surface area contributed by atoms with E-state index in [4.69, 9.17) is 5.11 Å². The summed E-state index contributed by atoms with van der Waals surface area (Å²) in [5, 5.41) is 12.6. The van der Waals surface area contributed by atoms with Crippen molar-refractivity contribution >= 4 is 6.29 Å². The third kappa shape index (κ3) is 1.59. The van der Waals surface area contributed by atoms with Crippen LogP contribution in [0.4, 0.5) is 4.39 Å². The van der Waals surface area contributed by atoms with Crippen LogP contribution in [0.2, 0.25) is 0 Å². The molecule has 1 aromatic heterocycles. The van der Waals surface area contributed by atoms with Gasteiger partial charge in [-0.05, 0) is 18.2 Å². The Morgan fingerprint density at radius 2 is 2.27 bits per heavy atom. The molecule has 0 spiro atoms. The van der Waals surface area contributed by atoms with Gasteiger partial charge in [-0.2, -0.15) is 0 Å². The van der Waals surface area contributed by atoms with Gasteiger partial charge in [0.05, 0.1) is 5.56 Å².